The zero-order chi connectivity index (χ0) is 11.4. The van der Waals surface area contributed by atoms with Crippen LogP contribution in [0.15, 0.2) is 35.3 Å². The van der Waals surface area contributed by atoms with Gasteiger partial charge < -0.3 is 0 Å². The first-order valence-electron chi connectivity index (χ1n) is 5.10. The fourth-order valence-corrected chi connectivity index (χ4v) is 2.03. The highest BCUT2D eigenvalue weighted by molar-refractivity contribution is 8.14. The molecule has 1 amide bonds. The molecular weight excluding hydrogens is 222 g/mol. The Bertz CT molecular complexity index is 405. The third kappa shape index (κ3) is 2.62. The lowest BCUT2D eigenvalue weighted by Gasteiger charge is -1.98. The number of carbonyl (C=O) groups excluding carboxylic acids is 1. The van der Waals surface area contributed by atoms with Gasteiger partial charge in [0.1, 0.15) is 0 Å². The average Bonchev–Trinajstić information content (AvgIpc) is 2.78. The van der Waals surface area contributed by atoms with E-state index in [2.05, 4.69) is 22.8 Å². The van der Waals surface area contributed by atoms with Crippen LogP contribution in [0.5, 0.6) is 0 Å². The Kier molecular flexibility index (Phi) is 3.58. The maximum absolute atomic E-state index is 11.7. The second-order valence-corrected chi connectivity index (χ2v) is 4.49. The maximum atomic E-state index is 11.7. The largest absolute Gasteiger partial charge is 0.279 e. The predicted octanol–water partition coefficient (Wildman–Crippen LogP) is 1.77. The third-order valence-electron chi connectivity index (χ3n) is 2.14. The van der Waals surface area contributed by atoms with Crippen molar-refractivity contribution in [2.45, 2.75) is 18.7 Å². The molecule has 0 bridgehead atoms. The Labute approximate surface area is 98.5 Å². The minimum Gasteiger partial charge on any atom is -0.267 e. The van der Waals surface area contributed by atoms with E-state index < -0.39 is 0 Å². The molecule has 0 saturated carbocycles. The van der Waals surface area contributed by atoms with Crippen LogP contribution in [-0.4, -0.2) is 16.4 Å². The summed E-state index contributed by atoms with van der Waals surface area (Å²) >= 11 is 1.49. The van der Waals surface area contributed by atoms with Gasteiger partial charge >= 0.3 is 0 Å². The molecule has 0 spiro atoms. The van der Waals surface area contributed by atoms with Crippen LogP contribution >= 0.6 is 11.8 Å². The van der Waals surface area contributed by atoms with Crippen molar-refractivity contribution in [3.63, 3.8) is 0 Å². The highest BCUT2D eigenvalue weighted by Gasteiger charge is 2.21. The van der Waals surface area contributed by atoms with Gasteiger partial charge in [-0.05, 0) is 18.6 Å². The fraction of sp³-hybridized carbons (Fsp3) is 0.273. The summed E-state index contributed by atoms with van der Waals surface area (Å²) in [5.41, 5.74) is 7.50. The quantitative estimate of drug-likeness (QED) is 0.848. The van der Waals surface area contributed by atoms with Gasteiger partial charge in [-0.15, -0.1) is 0 Å². The summed E-state index contributed by atoms with van der Waals surface area (Å²) in [4.78, 5) is 15.7. The predicted molar refractivity (Wildman–Crippen MR) is 65.1 cm³/mol. The maximum Gasteiger partial charge on any atom is 0.279 e. The summed E-state index contributed by atoms with van der Waals surface area (Å²) in [6, 6.07) is 9.00. The summed E-state index contributed by atoms with van der Waals surface area (Å²) in [5, 5.41) is 0.753. The molecule has 1 aliphatic heterocycles. The van der Waals surface area contributed by atoms with Gasteiger partial charge in [0.15, 0.2) is 0 Å². The van der Waals surface area contributed by atoms with Gasteiger partial charge in [-0.25, -0.2) is 0 Å². The van der Waals surface area contributed by atoms with Crippen LogP contribution in [0.2, 0.25) is 0 Å². The van der Waals surface area contributed by atoms with Gasteiger partial charge in [0.25, 0.3) is 5.91 Å². The molecule has 2 rings (SSSR count). The standard InChI is InChI=1S/C11H12N3OS/c1-2-9-13-14-11(16-9)12-10(15)8-6-4-3-5-7-8/h3-7,9,13H,2H2,1H3. The molecule has 1 fully saturated rings. The Hall–Kier alpha value is -1.33. The van der Waals surface area contributed by atoms with E-state index in [1.165, 1.54) is 11.8 Å². The van der Waals surface area contributed by atoms with E-state index >= 15 is 0 Å². The first-order chi connectivity index (χ1) is 7.79. The van der Waals surface area contributed by atoms with Gasteiger partial charge in [0.2, 0.25) is 5.17 Å². The van der Waals surface area contributed by atoms with Crippen molar-refractivity contribution in [2.24, 2.45) is 4.99 Å². The molecule has 1 aromatic carbocycles. The molecule has 1 N–H and O–H groups in total. The van der Waals surface area contributed by atoms with E-state index in [1.807, 2.05) is 18.2 Å². The lowest BCUT2D eigenvalue weighted by molar-refractivity contribution is 0.100. The first-order valence-corrected chi connectivity index (χ1v) is 5.98. The molecule has 1 unspecified atom stereocenters. The van der Waals surface area contributed by atoms with Crippen LogP contribution in [0.3, 0.4) is 0 Å². The second kappa shape index (κ2) is 5.14. The number of aliphatic imine (C=N–C) groups is 1. The van der Waals surface area contributed by atoms with Gasteiger partial charge in [-0.2, -0.15) is 15.8 Å². The Balaban J connectivity index is 2.05. The number of rotatable bonds is 2. The molecule has 1 atom stereocenters. The first kappa shape index (κ1) is 11.2. The Morgan fingerprint density at radius 2 is 2.25 bits per heavy atom. The zero-order valence-electron chi connectivity index (χ0n) is 8.88. The molecule has 1 radical (unpaired) electrons. The fourth-order valence-electron chi connectivity index (χ4n) is 1.27. The molecule has 1 aliphatic rings. The van der Waals surface area contributed by atoms with E-state index in [-0.39, 0.29) is 11.3 Å². The molecule has 0 aromatic heterocycles. The van der Waals surface area contributed by atoms with Crippen molar-refractivity contribution in [1.82, 2.24) is 10.9 Å². The molecule has 1 saturated heterocycles. The second-order valence-electron chi connectivity index (χ2n) is 3.32. The van der Waals surface area contributed by atoms with E-state index in [1.54, 1.807) is 12.1 Å². The molecule has 1 heterocycles. The number of hydrogen-bond donors (Lipinski definition) is 1. The van der Waals surface area contributed by atoms with E-state index in [9.17, 15) is 4.79 Å². The van der Waals surface area contributed by atoms with Crippen LogP contribution in [0, 0.1) is 0 Å². The van der Waals surface area contributed by atoms with E-state index in [4.69, 9.17) is 0 Å². The van der Waals surface area contributed by atoms with Crippen LogP contribution < -0.4 is 10.9 Å². The van der Waals surface area contributed by atoms with Crippen LogP contribution in [0.1, 0.15) is 23.7 Å². The molecule has 4 nitrogen and oxygen atoms in total. The van der Waals surface area contributed by atoms with Gasteiger partial charge in [-0.1, -0.05) is 36.9 Å². The van der Waals surface area contributed by atoms with E-state index in [0.29, 0.717) is 10.7 Å². The minimum absolute atomic E-state index is 0.238. The van der Waals surface area contributed by atoms with Crippen LogP contribution in [-0.2, 0) is 0 Å². The summed E-state index contributed by atoms with van der Waals surface area (Å²) in [6.07, 6.45) is 0.951. The average molecular weight is 234 g/mol. The highest BCUT2D eigenvalue weighted by Crippen LogP contribution is 2.18. The topological polar surface area (TPSA) is 55.6 Å². The summed E-state index contributed by atoms with van der Waals surface area (Å²) in [6.45, 7) is 2.06. The van der Waals surface area contributed by atoms with Crippen molar-refractivity contribution < 1.29 is 4.79 Å². The summed E-state index contributed by atoms with van der Waals surface area (Å²) in [7, 11) is 0. The number of carbonyl (C=O) groups is 1. The number of nitrogens with zero attached hydrogens (tertiary/aromatic N) is 2. The Morgan fingerprint density at radius 1 is 1.50 bits per heavy atom. The third-order valence-corrected chi connectivity index (χ3v) is 3.26. The lowest BCUT2D eigenvalue weighted by atomic mass is 10.2. The van der Waals surface area contributed by atoms with Crippen molar-refractivity contribution in [3.8, 4) is 0 Å². The molecule has 83 valence electrons. The number of nitrogens with one attached hydrogen (secondary N) is 1. The van der Waals surface area contributed by atoms with Crippen molar-refractivity contribution in [3.05, 3.63) is 35.9 Å². The van der Waals surface area contributed by atoms with Crippen LogP contribution in [0.4, 0.5) is 0 Å². The molecule has 16 heavy (non-hydrogen) atoms. The molecule has 0 aliphatic carbocycles. The molecule has 1 aromatic rings. The van der Waals surface area contributed by atoms with Gasteiger partial charge in [0.05, 0.1) is 5.37 Å². The van der Waals surface area contributed by atoms with Crippen molar-refractivity contribution in [2.75, 3.05) is 0 Å². The minimum atomic E-state index is -0.245. The number of hydrogen-bond acceptors (Lipinski definition) is 3. The molecule has 5 heteroatoms. The Morgan fingerprint density at radius 3 is 2.88 bits per heavy atom. The zero-order valence-corrected chi connectivity index (χ0v) is 9.70. The number of amidine groups is 1. The van der Waals surface area contributed by atoms with Crippen molar-refractivity contribution in [1.29, 1.82) is 0 Å². The number of amides is 1. The number of benzene rings is 1. The monoisotopic (exact) mass is 234 g/mol. The highest BCUT2D eigenvalue weighted by atomic mass is 32.2. The normalized spacial score (nSPS) is 22.1. The van der Waals surface area contributed by atoms with E-state index in [0.717, 1.165) is 6.42 Å². The summed E-state index contributed by atoms with van der Waals surface area (Å²) in [5.74, 6) is -0.245. The van der Waals surface area contributed by atoms with Crippen LogP contribution in [0.25, 0.3) is 0 Å². The number of thioether (sulfide) groups is 1. The van der Waals surface area contributed by atoms with Gasteiger partial charge in [-0.3, -0.25) is 4.79 Å². The lowest BCUT2D eigenvalue weighted by Crippen LogP contribution is -2.24. The molecular formula is C11H12N3OS. The SMILES string of the molecule is CCC1N[N]C(=NC(=O)c2ccccc2)S1. The van der Waals surface area contributed by atoms with Crippen molar-refractivity contribution >= 4 is 22.8 Å². The smallest absolute Gasteiger partial charge is 0.267 e. The summed E-state index contributed by atoms with van der Waals surface area (Å²) < 4.78 is 0. The van der Waals surface area contributed by atoms with Gasteiger partial charge in [0, 0.05) is 5.56 Å².